The van der Waals surface area contributed by atoms with Crippen LogP contribution in [0.3, 0.4) is 0 Å². The van der Waals surface area contributed by atoms with Crippen molar-refractivity contribution >= 4 is 17.9 Å². The minimum absolute atomic E-state index is 0.00200. The van der Waals surface area contributed by atoms with Gasteiger partial charge in [-0.3, -0.25) is 14.4 Å². The molecule has 0 rings (SSSR count). The van der Waals surface area contributed by atoms with Crippen LogP contribution in [-0.2, 0) is 23.9 Å². The molecule has 0 saturated heterocycles. The number of carboxylic acids is 1. The van der Waals surface area contributed by atoms with Gasteiger partial charge in [-0.2, -0.15) is 0 Å². The maximum atomic E-state index is 11.6. The molecule has 0 aromatic heterocycles. The quantitative estimate of drug-likeness (QED) is 0.131. The first-order valence-electron chi connectivity index (χ1n) is 13.8. The molecule has 0 aliphatic heterocycles. The van der Waals surface area contributed by atoms with E-state index >= 15 is 0 Å². The van der Waals surface area contributed by atoms with Crippen LogP contribution in [0.1, 0.15) is 144 Å². The van der Waals surface area contributed by atoms with E-state index in [-0.39, 0.29) is 24.5 Å². The van der Waals surface area contributed by atoms with Gasteiger partial charge in [-0.1, -0.05) is 85.0 Å². The fourth-order valence-electron chi connectivity index (χ4n) is 3.59. The number of aliphatic carboxylic acids is 1. The van der Waals surface area contributed by atoms with Crippen molar-refractivity contribution in [2.75, 3.05) is 6.61 Å². The molecule has 34 heavy (non-hydrogen) atoms. The van der Waals surface area contributed by atoms with E-state index in [0.717, 1.165) is 57.8 Å². The zero-order valence-electron chi connectivity index (χ0n) is 22.9. The lowest BCUT2D eigenvalue weighted by Crippen LogP contribution is -2.14. The molecule has 2 unspecified atom stereocenters. The summed E-state index contributed by atoms with van der Waals surface area (Å²) in [6.45, 7) is 10.5. The molecule has 0 fully saturated rings. The van der Waals surface area contributed by atoms with Crippen molar-refractivity contribution in [2.45, 2.75) is 150 Å². The minimum Gasteiger partial charge on any atom is -0.481 e. The number of unbranched alkanes of at least 4 members (excludes halogenated alkanes) is 9. The lowest BCUT2D eigenvalue weighted by Gasteiger charge is -2.13. The third-order valence-corrected chi connectivity index (χ3v) is 5.88. The zero-order chi connectivity index (χ0) is 26.0. The monoisotopic (exact) mass is 486 g/mol. The molecule has 6 heteroatoms. The normalized spacial score (nSPS) is 12.3. The summed E-state index contributed by atoms with van der Waals surface area (Å²) in [5, 5.41) is 8.53. The number of hydrogen-bond donors (Lipinski definition) is 1. The van der Waals surface area contributed by atoms with Gasteiger partial charge in [-0.25, -0.2) is 0 Å². The molecule has 6 nitrogen and oxygen atoms in total. The van der Waals surface area contributed by atoms with Crippen LogP contribution in [0.25, 0.3) is 0 Å². The lowest BCUT2D eigenvalue weighted by molar-refractivity contribution is -0.148. The first-order valence-corrected chi connectivity index (χ1v) is 13.8. The molecular formula is C28H54O6. The Hall–Kier alpha value is -1.59. The number of carboxylic acid groups (broad SMARTS) is 1. The molecule has 0 saturated carbocycles. The second kappa shape index (κ2) is 26.0. The number of carbonyl (C=O) groups excluding carboxylic acids is 2. The Bertz CT molecular complexity index is 491. The Labute approximate surface area is 209 Å². The van der Waals surface area contributed by atoms with Gasteiger partial charge in [0.15, 0.2) is 0 Å². The molecule has 0 spiro atoms. The first kappa shape index (κ1) is 34.6. The minimum atomic E-state index is -0.713. The lowest BCUT2D eigenvalue weighted by atomic mass is 10.0. The van der Waals surface area contributed by atoms with Gasteiger partial charge in [0.25, 0.3) is 0 Å². The van der Waals surface area contributed by atoms with Crippen LogP contribution < -0.4 is 0 Å². The molecule has 0 radical (unpaired) electrons. The van der Waals surface area contributed by atoms with Crippen molar-refractivity contribution in [3.05, 3.63) is 0 Å². The molecule has 202 valence electrons. The highest BCUT2D eigenvalue weighted by atomic mass is 16.5. The standard InChI is InChI=1S/C18H34O4.C10H20O2/c1-3-4-5-7-12-15-18(21)22-16(2)13-10-8-6-9-11-14-17(19)20;1-4-6-7-10(5-2)8-12-9(3)11/h16H,3-15H2,1-2H3,(H,19,20);10H,4-8H2,1-3H3. The number of rotatable bonds is 21. The van der Waals surface area contributed by atoms with E-state index in [4.69, 9.17) is 14.6 Å². The maximum absolute atomic E-state index is 11.6. The van der Waals surface area contributed by atoms with E-state index in [9.17, 15) is 14.4 Å². The van der Waals surface area contributed by atoms with Crippen molar-refractivity contribution in [3.8, 4) is 0 Å². The Balaban J connectivity index is 0. The molecule has 0 aromatic rings. The predicted octanol–water partition coefficient (Wildman–Crippen LogP) is 7.86. The van der Waals surface area contributed by atoms with Crippen LogP contribution in [-0.4, -0.2) is 35.7 Å². The average Bonchev–Trinajstić information content (AvgIpc) is 2.78. The zero-order valence-corrected chi connectivity index (χ0v) is 22.9. The number of hydrogen-bond acceptors (Lipinski definition) is 5. The fourth-order valence-corrected chi connectivity index (χ4v) is 3.59. The van der Waals surface area contributed by atoms with Gasteiger partial charge >= 0.3 is 17.9 Å². The molecule has 0 aliphatic carbocycles. The molecule has 0 heterocycles. The van der Waals surface area contributed by atoms with E-state index in [2.05, 4.69) is 20.8 Å². The Morgan fingerprint density at radius 2 is 1.29 bits per heavy atom. The number of esters is 2. The van der Waals surface area contributed by atoms with E-state index in [1.165, 1.54) is 45.4 Å². The highest BCUT2D eigenvalue weighted by Gasteiger charge is 2.09. The molecule has 2 atom stereocenters. The van der Waals surface area contributed by atoms with Crippen LogP contribution in [0.15, 0.2) is 0 Å². The van der Waals surface area contributed by atoms with Gasteiger partial charge in [0.1, 0.15) is 0 Å². The summed E-state index contributed by atoms with van der Waals surface area (Å²) >= 11 is 0. The van der Waals surface area contributed by atoms with E-state index in [1.54, 1.807) is 0 Å². The Kier molecular flexibility index (Phi) is 26.5. The van der Waals surface area contributed by atoms with Crippen molar-refractivity contribution in [1.82, 2.24) is 0 Å². The highest BCUT2D eigenvalue weighted by molar-refractivity contribution is 5.69. The molecule has 0 aromatic carbocycles. The summed E-state index contributed by atoms with van der Waals surface area (Å²) in [4.78, 5) is 32.5. The summed E-state index contributed by atoms with van der Waals surface area (Å²) in [5.74, 6) is -0.375. The van der Waals surface area contributed by atoms with Gasteiger partial charge in [0.2, 0.25) is 0 Å². The third kappa shape index (κ3) is 28.4. The van der Waals surface area contributed by atoms with Crippen LogP contribution >= 0.6 is 0 Å². The predicted molar refractivity (Wildman–Crippen MR) is 139 cm³/mol. The number of ether oxygens (including phenoxy) is 2. The smallest absolute Gasteiger partial charge is 0.306 e. The van der Waals surface area contributed by atoms with Crippen molar-refractivity contribution in [1.29, 1.82) is 0 Å². The summed E-state index contributed by atoms with van der Waals surface area (Å²) < 4.78 is 10.4. The molecule has 0 bridgehead atoms. The van der Waals surface area contributed by atoms with Gasteiger partial charge < -0.3 is 14.6 Å². The first-order chi connectivity index (χ1) is 16.3. The summed E-state index contributed by atoms with van der Waals surface area (Å²) in [5.41, 5.74) is 0. The van der Waals surface area contributed by atoms with E-state index in [1.807, 2.05) is 6.92 Å². The van der Waals surface area contributed by atoms with Gasteiger partial charge in [-0.15, -0.1) is 0 Å². The fraction of sp³-hybridized carbons (Fsp3) is 0.893. The number of carbonyl (C=O) groups is 3. The molecular weight excluding hydrogens is 432 g/mol. The van der Waals surface area contributed by atoms with Crippen LogP contribution in [0, 0.1) is 5.92 Å². The summed E-state index contributed by atoms with van der Waals surface area (Å²) in [6.07, 6.45) is 17.1. The highest BCUT2D eigenvalue weighted by Crippen LogP contribution is 2.13. The second-order valence-electron chi connectivity index (χ2n) is 9.38. The average molecular weight is 487 g/mol. The van der Waals surface area contributed by atoms with Crippen LogP contribution in [0.5, 0.6) is 0 Å². The Morgan fingerprint density at radius 1 is 0.735 bits per heavy atom. The largest absolute Gasteiger partial charge is 0.481 e. The topological polar surface area (TPSA) is 89.9 Å². The van der Waals surface area contributed by atoms with Crippen molar-refractivity contribution in [3.63, 3.8) is 0 Å². The van der Waals surface area contributed by atoms with Gasteiger partial charge in [0, 0.05) is 19.8 Å². The van der Waals surface area contributed by atoms with Crippen LogP contribution in [0.2, 0.25) is 0 Å². The summed E-state index contributed by atoms with van der Waals surface area (Å²) in [7, 11) is 0. The Morgan fingerprint density at radius 3 is 1.85 bits per heavy atom. The SMILES string of the molecule is CCCCC(CC)COC(C)=O.CCCCCCCC(=O)OC(C)CCCCCCCC(=O)O. The van der Waals surface area contributed by atoms with Gasteiger partial charge in [-0.05, 0) is 44.9 Å². The van der Waals surface area contributed by atoms with E-state index < -0.39 is 5.97 Å². The third-order valence-electron chi connectivity index (χ3n) is 5.88. The van der Waals surface area contributed by atoms with Gasteiger partial charge in [0.05, 0.1) is 12.7 Å². The van der Waals surface area contributed by atoms with Crippen LogP contribution in [0.4, 0.5) is 0 Å². The maximum Gasteiger partial charge on any atom is 0.306 e. The second-order valence-corrected chi connectivity index (χ2v) is 9.38. The molecule has 1 N–H and O–H groups in total. The van der Waals surface area contributed by atoms with Crippen molar-refractivity contribution in [2.24, 2.45) is 5.92 Å². The van der Waals surface area contributed by atoms with E-state index in [0.29, 0.717) is 18.9 Å². The molecule has 0 aliphatic rings. The summed E-state index contributed by atoms with van der Waals surface area (Å²) in [6, 6.07) is 0. The molecule has 0 amide bonds. The van der Waals surface area contributed by atoms with Crippen molar-refractivity contribution < 1.29 is 29.0 Å².